The number of ketones is 1. The molecule has 1 aliphatic heterocycles. The minimum Gasteiger partial charge on any atom is -0.535 e. The molecular formula is C19H27BO5. The number of Topliss-reactive ketones (excluding diaryl/α,β-unsaturated/α-hetero) is 1. The number of fused-ring (bicyclic) bond motifs is 1. The van der Waals surface area contributed by atoms with E-state index in [0.29, 0.717) is 30.8 Å². The van der Waals surface area contributed by atoms with E-state index < -0.39 is 13.1 Å². The fraction of sp³-hybridized carbons (Fsp3) is 0.579. The van der Waals surface area contributed by atoms with Gasteiger partial charge in [0.2, 0.25) is 0 Å². The van der Waals surface area contributed by atoms with Gasteiger partial charge < -0.3 is 14.4 Å². The second-order valence-electron chi connectivity index (χ2n) is 7.81. The number of rotatable bonds is 6. The Balaban J connectivity index is 2.10. The van der Waals surface area contributed by atoms with Gasteiger partial charge >= 0.3 is 13.1 Å². The van der Waals surface area contributed by atoms with Crippen LogP contribution in [-0.4, -0.2) is 30.5 Å². The maximum atomic E-state index is 12.4. The third kappa shape index (κ3) is 5.33. The Bertz CT molecular complexity index is 635. The molecular weight excluding hydrogens is 319 g/mol. The van der Waals surface area contributed by atoms with Crippen molar-refractivity contribution in [1.29, 1.82) is 0 Å². The molecule has 1 aromatic carbocycles. The van der Waals surface area contributed by atoms with Crippen molar-refractivity contribution in [2.45, 2.75) is 59.2 Å². The van der Waals surface area contributed by atoms with Crippen LogP contribution >= 0.6 is 0 Å². The number of benzene rings is 1. The van der Waals surface area contributed by atoms with Crippen molar-refractivity contribution in [2.24, 2.45) is 5.41 Å². The van der Waals surface area contributed by atoms with Crippen molar-refractivity contribution in [1.82, 2.24) is 0 Å². The molecule has 0 spiro atoms. The van der Waals surface area contributed by atoms with Crippen LogP contribution in [0.3, 0.4) is 0 Å². The number of hydrogen-bond acceptors (Lipinski definition) is 5. The largest absolute Gasteiger partial charge is 0.535 e. The van der Waals surface area contributed by atoms with Crippen LogP contribution in [0.5, 0.6) is 5.75 Å². The van der Waals surface area contributed by atoms with E-state index in [1.165, 1.54) is 0 Å². The number of carbonyl (C=O) groups excluding carboxylic acids is 2. The van der Waals surface area contributed by atoms with E-state index in [1.807, 2.05) is 6.07 Å². The van der Waals surface area contributed by atoms with E-state index in [1.54, 1.807) is 19.1 Å². The number of carbonyl (C=O) groups is 2. The molecule has 1 aliphatic rings. The van der Waals surface area contributed by atoms with E-state index >= 15 is 0 Å². The lowest BCUT2D eigenvalue weighted by Crippen LogP contribution is -2.35. The van der Waals surface area contributed by atoms with Gasteiger partial charge in [0.05, 0.1) is 6.61 Å². The van der Waals surface area contributed by atoms with Gasteiger partial charge in [-0.05, 0) is 29.9 Å². The number of esters is 1. The van der Waals surface area contributed by atoms with Crippen molar-refractivity contribution in [2.75, 3.05) is 6.61 Å². The fourth-order valence-corrected chi connectivity index (χ4v) is 2.78. The summed E-state index contributed by atoms with van der Waals surface area (Å²) in [5.74, 6) is -0.270. The van der Waals surface area contributed by atoms with Gasteiger partial charge in [0.15, 0.2) is 0 Å². The molecule has 136 valence electrons. The van der Waals surface area contributed by atoms with Crippen LogP contribution < -0.4 is 4.65 Å². The van der Waals surface area contributed by atoms with Gasteiger partial charge in [-0.25, -0.2) is 4.79 Å². The summed E-state index contributed by atoms with van der Waals surface area (Å²) >= 11 is 0. The zero-order chi connectivity index (χ0) is 18.6. The summed E-state index contributed by atoms with van der Waals surface area (Å²) in [6.07, 6.45) is 1.98. The quantitative estimate of drug-likeness (QED) is 0.631. The van der Waals surface area contributed by atoms with E-state index in [-0.39, 0.29) is 23.4 Å². The first-order chi connectivity index (χ1) is 11.7. The normalized spacial score (nSPS) is 16.8. The minimum absolute atomic E-state index is 0.0854. The Hall–Kier alpha value is -1.82. The van der Waals surface area contributed by atoms with Crippen LogP contribution in [0.15, 0.2) is 18.2 Å². The second-order valence-corrected chi connectivity index (χ2v) is 7.81. The average molecular weight is 346 g/mol. The molecule has 0 saturated heterocycles. The highest BCUT2D eigenvalue weighted by Crippen LogP contribution is 2.36. The van der Waals surface area contributed by atoms with Gasteiger partial charge in [0.25, 0.3) is 0 Å². The van der Waals surface area contributed by atoms with Gasteiger partial charge in [-0.2, -0.15) is 0 Å². The summed E-state index contributed by atoms with van der Waals surface area (Å²) in [6.45, 7) is 8.40. The molecule has 0 unspecified atom stereocenters. The molecule has 5 nitrogen and oxygen atoms in total. The van der Waals surface area contributed by atoms with Gasteiger partial charge in [0, 0.05) is 18.7 Å². The first-order valence-electron chi connectivity index (χ1n) is 8.86. The summed E-state index contributed by atoms with van der Waals surface area (Å²) in [5.41, 5.74) is 1.23. The van der Waals surface area contributed by atoms with Gasteiger partial charge in [-0.3, -0.25) is 4.79 Å². The molecule has 0 aliphatic carbocycles. The molecule has 25 heavy (non-hydrogen) atoms. The van der Waals surface area contributed by atoms with Gasteiger partial charge in [-0.1, -0.05) is 39.8 Å². The molecule has 2 rings (SSSR count). The highest BCUT2D eigenvalue weighted by molar-refractivity contribution is 6.47. The van der Waals surface area contributed by atoms with Crippen LogP contribution in [0, 0.1) is 5.41 Å². The zero-order valence-corrected chi connectivity index (χ0v) is 15.5. The SMILES string of the molecule is CCC(=O)C[C@H]1Cc2cccc(C(=O)OCCC(C)(C)C)c2OB1O. The van der Waals surface area contributed by atoms with E-state index in [9.17, 15) is 14.6 Å². The van der Waals surface area contributed by atoms with E-state index in [0.717, 1.165) is 12.0 Å². The lowest BCUT2D eigenvalue weighted by Gasteiger charge is -2.28. The van der Waals surface area contributed by atoms with Crippen molar-refractivity contribution in [3.8, 4) is 5.75 Å². The Kier molecular flexibility index (Phi) is 6.28. The highest BCUT2D eigenvalue weighted by atomic mass is 16.5. The summed E-state index contributed by atoms with van der Waals surface area (Å²) < 4.78 is 11.0. The van der Waals surface area contributed by atoms with Crippen molar-refractivity contribution >= 4 is 18.9 Å². The summed E-state index contributed by atoms with van der Waals surface area (Å²) in [6, 6.07) is 5.28. The molecule has 0 amide bonds. The average Bonchev–Trinajstić information content (AvgIpc) is 2.53. The first kappa shape index (κ1) is 19.5. The molecule has 0 aromatic heterocycles. The second kappa shape index (κ2) is 8.04. The third-order valence-electron chi connectivity index (χ3n) is 4.41. The van der Waals surface area contributed by atoms with Crippen molar-refractivity contribution < 1.29 is 24.0 Å². The lowest BCUT2D eigenvalue weighted by molar-refractivity contribution is -0.118. The topological polar surface area (TPSA) is 72.8 Å². The number of para-hydroxylation sites is 1. The zero-order valence-electron chi connectivity index (χ0n) is 15.5. The summed E-state index contributed by atoms with van der Waals surface area (Å²) in [5, 5.41) is 10.2. The molecule has 1 atom stereocenters. The Morgan fingerprint density at radius 2 is 2.08 bits per heavy atom. The van der Waals surface area contributed by atoms with Crippen molar-refractivity contribution in [3.05, 3.63) is 29.3 Å². The Labute approximate surface area is 149 Å². The predicted octanol–water partition coefficient (Wildman–Crippen LogP) is 3.43. The molecule has 0 bridgehead atoms. The molecule has 0 fully saturated rings. The third-order valence-corrected chi connectivity index (χ3v) is 4.41. The Morgan fingerprint density at radius 3 is 2.72 bits per heavy atom. The maximum absolute atomic E-state index is 12.4. The molecule has 1 heterocycles. The molecule has 1 N–H and O–H groups in total. The van der Waals surface area contributed by atoms with Crippen LogP contribution in [0.25, 0.3) is 0 Å². The number of ether oxygens (including phenoxy) is 1. The Morgan fingerprint density at radius 1 is 1.36 bits per heavy atom. The predicted molar refractivity (Wildman–Crippen MR) is 96.8 cm³/mol. The van der Waals surface area contributed by atoms with Crippen molar-refractivity contribution in [3.63, 3.8) is 0 Å². The van der Waals surface area contributed by atoms with Crippen LogP contribution in [0.2, 0.25) is 5.82 Å². The molecule has 0 saturated carbocycles. The first-order valence-corrected chi connectivity index (χ1v) is 8.86. The molecule has 6 heteroatoms. The fourth-order valence-electron chi connectivity index (χ4n) is 2.78. The summed E-state index contributed by atoms with van der Waals surface area (Å²) in [4.78, 5) is 24.0. The smallest absolute Gasteiger partial charge is 0.526 e. The highest BCUT2D eigenvalue weighted by Gasteiger charge is 2.37. The van der Waals surface area contributed by atoms with E-state index in [4.69, 9.17) is 9.39 Å². The maximum Gasteiger partial charge on any atom is 0.526 e. The molecule has 1 aromatic rings. The standard InChI is InChI=1S/C19H27BO5/c1-5-15(21)12-14-11-13-7-6-8-16(17(13)25-20(14)23)18(22)24-10-9-19(2,3)4/h6-8,14,23H,5,9-12H2,1-4H3/t14-/m1/s1. The van der Waals surface area contributed by atoms with Crippen LogP contribution in [0.1, 0.15) is 62.9 Å². The molecule has 0 radical (unpaired) electrons. The summed E-state index contributed by atoms with van der Waals surface area (Å²) in [7, 11) is -1.09. The monoisotopic (exact) mass is 346 g/mol. The number of hydrogen-bond donors (Lipinski definition) is 1. The minimum atomic E-state index is -1.09. The van der Waals surface area contributed by atoms with Crippen LogP contribution in [0.4, 0.5) is 0 Å². The van der Waals surface area contributed by atoms with Crippen LogP contribution in [-0.2, 0) is 16.0 Å². The lowest BCUT2D eigenvalue weighted by atomic mass is 9.64. The van der Waals surface area contributed by atoms with E-state index in [2.05, 4.69) is 20.8 Å². The van der Waals surface area contributed by atoms with Gasteiger partial charge in [0.1, 0.15) is 17.1 Å². The van der Waals surface area contributed by atoms with Gasteiger partial charge in [-0.15, -0.1) is 0 Å².